The average Bonchev–Trinajstić information content (AvgIpc) is 3.12. The number of aromatic nitrogens is 2. The zero-order valence-corrected chi connectivity index (χ0v) is 21.2. The highest BCUT2D eigenvalue weighted by atomic mass is 16.2. The maximum Gasteiger partial charge on any atom is 0.326 e. The number of nitrogens with one attached hydrogen (secondary N) is 2. The largest absolute Gasteiger partial charge is 0.370 e. The molecule has 0 bridgehead atoms. The van der Waals surface area contributed by atoms with Gasteiger partial charge < -0.3 is 20.5 Å². The molecule has 188 valence electrons. The third-order valence-corrected chi connectivity index (χ3v) is 5.60. The second kappa shape index (κ2) is 10.5. The summed E-state index contributed by atoms with van der Waals surface area (Å²) in [6, 6.07) is 11.9. The normalized spacial score (nSPS) is 11.1. The number of benzene rings is 2. The number of carbonyl (C=O) groups excluding carboxylic acids is 3. The molecule has 0 spiro atoms. The predicted molar refractivity (Wildman–Crippen MR) is 140 cm³/mol. The van der Waals surface area contributed by atoms with Crippen molar-refractivity contribution in [3.05, 3.63) is 47.5 Å². The highest BCUT2D eigenvalue weighted by Crippen LogP contribution is 2.27. The fraction of sp³-hybridized carbons (Fsp3) is 0.346. The van der Waals surface area contributed by atoms with E-state index in [0.717, 1.165) is 5.56 Å². The maximum atomic E-state index is 12.7. The molecular weight excluding hydrogens is 458 g/mol. The van der Waals surface area contributed by atoms with Crippen molar-refractivity contribution in [2.75, 3.05) is 22.6 Å². The van der Waals surface area contributed by atoms with Crippen molar-refractivity contribution in [3.63, 3.8) is 0 Å². The summed E-state index contributed by atoms with van der Waals surface area (Å²) in [4.78, 5) is 43.0. The summed E-state index contributed by atoms with van der Waals surface area (Å²) in [6.07, 6.45) is 0.436. The van der Waals surface area contributed by atoms with Crippen LogP contribution >= 0.6 is 0 Å². The van der Waals surface area contributed by atoms with Crippen LogP contribution in [0.3, 0.4) is 0 Å². The van der Waals surface area contributed by atoms with Crippen LogP contribution in [0.5, 0.6) is 0 Å². The number of anilines is 3. The number of aryl methyl sites for hydroxylation is 2. The van der Waals surface area contributed by atoms with Gasteiger partial charge in [0.25, 0.3) is 0 Å². The fourth-order valence-electron chi connectivity index (χ4n) is 3.67. The minimum atomic E-state index is -0.559. The number of hydrogen-bond donors (Lipinski definition) is 3. The molecule has 1 aromatic heterocycles. The van der Waals surface area contributed by atoms with E-state index in [2.05, 4.69) is 21.7 Å². The maximum absolute atomic E-state index is 12.7. The number of nitriles is 1. The van der Waals surface area contributed by atoms with Gasteiger partial charge in [-0.15, -0.1) is 0 Å². The molecule has 0 saturated heterocycles. The summed E-state index contributed by atoms with van der Waals surface area (Å²) in [5, 5.41) is 14.6. The second-order valence-corrected chi connectivity index (χ2v) is 9.89. The monoisotopic (exact) mass is 489 g/mol. The zero-order valence-electron chi connectivity index (χ0n) is 21.2. The summed E-state index contributed by atoms with van der Waals surface area (Å²) in [5.41, 5.74) is 8.80. The van der Waals surface area contributed by atoms with Gasteiger partial charge in [-0.25, -0.2) is 9.78 Å². The van der Waals surface area contributed by atoms with Crippen molar-refractivity contribution in [1.29, 1.82) is 5.26 Å². The molecule has 0 saturated carbocycles. The number of amides is 4. The first-order chi connectivity index (χ1) is 16.9. The lowest BCUT2D eigenvalue weighted by Crippen LogP contribution is -2.29. The number of nitrogens with two attached hydrogens (primary N) is 1. The number of nitrogens with zero attached hydrogens (tertiary/aromatic N) is 4. The summed E-state index contributed by atoms with van der Waals surface area (Å²) in [6.45, 7) is 8.03. The number of primary amides is 1. The van der Waals surface area contributed by atoms with E-state index in [-0.39, 0.29) is 30.2 Å². The first-order valence-corrected chi connectivity index (χ1v) is 11.5. The van der Waals surface area contributed by atoms with Crippen LogP contribution in [-0.4, -0.2) is 34.4 Å². The van der Waals surface area contributed by atoms with E-state index in [1.807, 2.05) is 27.7 Å². The lowest BCUT2D eigenvalue weighted by molar-refractivity contribution is -0.120. The molecule has 4 N–H and O–H groups in total. The topological polar surface area (TPSA) is 146 Å². The molecule has 0 aliphatic carbocycles. The average molecular weight is 490 g/mol. The van der Waals surface area contributed by atoms with Crippen LogP contribution in [0.25, 0.3) is 11.0 Å². The van der Waals surface area contributed by atoms with E-state index in [4.69, 9.17) is 5.73 Å². The van der Waals surface area contributed by atoms with E-state index in [1.165, 1.54) is 0 Å². The van der Waals surface area contributed by atoms with Gasteiger partial charge in [-0.2, -0.15) is 5.26 Å². The summed E-state index contributed by atoms with van der Waals surface area (Å²) in [5.74, 6) is -0.292. The molecule has 10 heteroatoms. The third-order valence-electron chi connectivity index (χ3n) is 5.60. The molecule has 0 unspecified atom stereocenters. The Labute approximate surface area is 210 Å². The lowest BCUT2D eigenvalue weighted by atomic mass is 9.91. The highest BCUT2D eigenvalue weighted by Gasteiger charge is 2.21. The van der Waals surface area contributed by atoms with Crippen molar-refractivity contribution in [3.8, 4) is 6.07 Å². The van der Waals surface area contributed by atoms with Crippen LogP contribution < -0.4 is 21.3 Å². The predicted octanol–water partition coefficient (Wildman–Crippen LogP) is 4.13. The molecule has 0 radical (unpaired) electrons. The van der Waals surface area contributed by atoms with E-state index in [1.54, 1.807) is 52.9 Å². The van der Waals surface area contributed by atoms with Crippen LogP contribution in [0, 0.1) is 23.7 Å². The van der Waals surface area contributed by atoms with E-state index < -0.39 is 11.9 Å². The fourth-order valence-corrected chi connectivity index (χ4v) is 3.67. The molecule has 10 nitrogen and oxygen atoms in total. The van der Waals surface area contributed by atoms with Crippen molar-refractivity contribution in [2.24, 2.45) is 11.1 Å². The van der Waals surface area contributed by atoms with Gasteiger partial charge in [0, 0.05) is 37.8 Å². The highest BCUT2D eigenvalue weighted by molar-refractivity contribution is 6.00. The Morgan fingerprint density at radius 2 is 1.86 bits per heavy atom. The quantitative estimate of drug-likeness (QED) is 0.457. The first kappa shape index (κ1) is 26.2. The number of urea groups is 1. The standard InChI is InChI=1S/C26H31N7O3/c1-16-6-7-18(12-17(16)15-27)29-25(36)31-24-30-20-13-19(32(5)23(35)14-26(2,3)4)8-9-21(20)33(24)11-10-22(28)34/h6-9,12-13H,10-11,14H2,1-5H3,(H2,28,34)(H2,29,30,31,36). The Kier molecular flexibility index (Phi) is 7.63. The molecule has 0 aliphatic heterocycles. The smallest absolute Gasteiger partial charge is 0.326 e. The summed E-state index contributed by atoms with van der Waals surface area (Å²) in [7, 11) is 1.71. The Balaban J connectivity index is 1.90. The van der Waals surface area contributed by atoms with Gasteiger partial charge in [0.05, 0.1) is 22.7 Å². The third kappa shape index (κ3) is 6.39. The Bertz CT molecular complexity index is 1360. The molecule has 2 aromatic carbocycles. The SMILES string of the molecule is Cc1ccc(NC(=O)Nc2nc3cc(N(C)C(=O)CC(C)(C)C)ccc3n2CCC(N)=O)cc1C#N. The van der Waals surface area contributed by atoms with Gasteiger partial charge in [0.1, 0.15) is 0 Å². The van der Waals surface area contributed by atoms with Crippen molar-refractivity contribution in [2.45, 2.75) is 47.1 Å². The van der Waals surface area contributed by atoms with Crippen LogP contribution in [0.15, 0.2) is 36.4 Å². The van der Waals surface area contributed by atoms with Crippen LogP contribution in [-0.2, 0) is 16.1 Å². The number of carbonyl (C=O) groups is 3. The second-order valence-electron chi connectivity index (χ2n) is 9.89. The summed E-state index contributed by atoms with van der Waals surface area (Å²) < 4.78 is 1.69. The first-order valence-electron chi connectivity index (χ1n) is 11.5. The molecule has 1 heterocycles. The van der Waals surface area contributed by atoms with Gasteiger partial charge in [0.2, 0.25) is 17.8 Å². The van der Waals surface area contributed by atoms with Gasteiger partial charge in [-0.3, -0.25) is 14.9 Å². The van der Waals surface area contributed by atoms with Gasteiger partial charge in [0.15, 0.2) is 0 Å². The van der Waals surface area contributed by atoms with Gasteiger partial charge in [-0.05, 0) is 48.2 Å². The number of imidazole rings is 1. The number of rotatable bonds is 7. The van der Waals surface area contributed by atoms with Crippen LogP contribution in [0.1, 0.15) is 44.7 Å². The van der Waals surface area contributed by atoms with E-state index >= 15 is 0 Å². The Morgan fingerprint density at radius 1 is 1.14 bits per heavy atom. The van der Waals surface area contributed by atoms with Crippen molar-refractivity contribution >= 4 is 46.2 Å². The molecule has 3 aromatic rings. The molecular formula is C26H31N7O3. The molecule has 36 heavy (non-hydrogen) atoms. The molecule has 4 amide bonds. The van der Waals surface area contributed by atoms with Crippen LogP contribution in [0.2, 0.25) is 0 Å². The van der Waals surface area contributed by atoms with Crippen LogP contribution in [0.4, 0.5) is 22.1 Å². The molecule has 0 atom stereocenters. The van der Waals surface area contributed by atoms with E-state index in [9.17, 15) is 19.6 Å². The number of hydrogen-bond acceptors (Lipinski definition) is 5. The Morgan fingerprint density at radius 3 is 2.50 bits per heavy atom. The molecule has 0 fully saturated rings. The minimum Gasteiger partial charge on any atom is -0.370 e. The van der Waals surface area contributed by atoms with E-state index in [0.29, 0.717) is 34.4 Å². The zero-order chi connectivity index (χ0) is 26.6. The Hall–Kier alpha value is -4.39. The van der Waals surface area contributed by atoms with Gasteiger partial charge >= 0.3 is 6.03 Å². The molecule has 3 rings (SSSR count). The van der Waals surface area contributed by atoms with Crippen molar-refractivity contribution < 1.29 is 14.4 Å². The molecule has 0 aliphatic rings. The lowest BCUT2D eigenvalue weighted by Gasteiger charge is -2.23. The minimum absolute atomic E-state index is 0.0254. The summed E-state index contributed by atoms with van der Waals surface area (Å²) >= 11 is 0. The van der Waals surface area contributed by atoms with Gasteiger partial charge in [-0.1, -0.05) is 26.8 Å². The van der Waals surface area contributed by atoms with Crippen molar-refractivity contribution in [1.82, 2.24) is 9.55 Å². The number of fused-ring (bicyclic) bond motifs is 1.